The fraction of sp³-hybridized carbons (Fsp3) is 0.316. The molecule has 4 heteroatoms. The summed E-state index contributed by atoms with van der Waals surface area (Å²) in [6.07, 6.45) is 0.493. The van der Waals surface area contributed by atoms with Crippen molar-refractivity contribution in [3.63, 3.8) is 0 Å². The van der Waals surface area contributed by atoms with Crippen LogP contribution in [0.4, 0.5) is 0 Å². The monoisotopic (exact) mass is 329 g/mol. The van der Waals surface area contributed by atoms with Crippen LogP contribution in [0.3, 0.4) is 0 Å². The average molecular weight is 330 g/mol. The first-order valence-corrected chi connectivity index (χ1v) is 8.20. The van der Waals surface area contributed by atoms with Gasteiger partial charge in [-0.3, -0.25) is 4.79 Å². The standard InChI is InChI=1S/C19H20ClNO2/c1-12-9-16(20)7-8-18(12)23-13(2)19(22)21-11-15-10-14-5-3-4-6-17(14)15/h3-9,13,15H,10-11H2,1-2H3,(H,21,22)/t13-,15+/m1/s1. The number of benzene rings is 2. The quantitative estimate of drug-likeness (QED) is 0.904. The summed E-state index contributed by atoms with van der Waals surface area (Å²) in [6.45, 7) is 4.33. The minimum atomic E-state index is -0.537. The number of ether oxygens (including phenoxy) is 1. The lowest BCUT2D eigenvalue weighted by molar-refractivity contribution is -0.127. The molecular weight excluding hydrogens is 310 g/mol. The summed E-state index contributed by atoms with van der Waals surface area (Å²) < 4.78 is 5.74. The highest BCUT2D eigenvalue weighted by atomic mass is 35.5. The second-order valence-electron chi connectivity index (χ2n) is 6.01. The number of hydrogen-bond donors (Lipinski definition) is 1. The third-order valence-corrected chi connectivity index (χ3v) is 4.53. The van der Waals surface area contributed by atoms with Crippen molar-refractivity contribution in [1.82, 2.24) is 5.32 Å². The summed E-state index contributed by atoms with van der Waals surface area (Å²) in [4.78, 5) is 12.2. The van der Waals surface area contributed by atoms with Gasteiger partial charge in [-0.1, -0.05) is 35.9 Å². The zero-order chi connectivity index (χ0) is 16.4. The van der Waals surface area contributed by atoms with E-state index >= 15 is 0 Å². The summed E-state index contributed by atoms with van der Waals surface area (Å²) in [5.74, 6) is 1.01. The van der Waals surface area contributed by atoms with E-state index in [4.69, 9.17) is 16.3 Å². The van der Waals surface area contributed by atoms with Crippen LogP contribution in [0, 0.1) is 6.92 Å². The van der Waals surface area contributed by atoms with E-state index in [0.717, 1.165) is 12.0 Å². The van der Waals surface area contributed by atoms with Crippen LogP contribution < -0.4 is 10.1 Å². The van der Waals surface area contributed by atoms with Crippen molar-refractivity contribution < 1.29 is 9.53 Å². The maximum atomic E-state index is 12.2. The normalized spacial score (nSPS) is 16.9. The Hall–Kier alpha value is -2.00. The first kappa shape index (κ1) is 15.9. The topological polar surface area (TPSA) is 38.3 Å². The number of carbonyl (C=O) groups excluding carboxylic acids is 1. The van der Waals surface area contributed by atoms with E-state index < -0.39 is 6.10 Å². The summed E-state index contributed by atoms with van der Waals surface area (Å²) in [5, 5.41) is 3.65. The molecule has 3 rings (SSSR count). The highest BCUT2D eigenvalue weighted by Crippen LogP contribution is 2.34. The summed E-state index contributed by atoms with van der Waals surface area (Å²) in [7, 11) is 0. The van der Waals surface area contributed by atoms with Crippen LogP contribution in [-0.4, -0.2) is 18.6 Å². The largest absolute Gasteiger partial charge is 0.481 e. The van der Waals surface area contributed by atoms with Crippen LogP contribution >= 0.6 is 11.6 Å². The number of aryl methyl sites for hydroxylation is 1. The molecule has 2 aromatic rings. The Balaban J connectivity index is 1.52. The third kappa shape index (κ3) is 3.50. The molecular formula is C19H20ClNO2. The second kappa shape index (κ2) is 6.63. The molecule has 0 saturated carbocycles. The summed E-state index contributed by atoms with van der Waals surface area (Å²) in [5.41, 5.74) is 3.65. The Morgan fingerprint density at radius 1 is 1.35 bits per heavy atom. The summed E-state index contributed by atoms with van der Waals surface area (Å²) in [6, 6.07) is 13.8. The molecule has 1 aliphatic rings. The smallest absolute Gasteiger partial charge is 0.260 e. The first-order valence-electron chi connectivity index (χ1n) is 7.83. The minimum Gasteiger partial charge on any atom is -0.481 e. The van der Waals surface area contributed by atoms with Crippen LogP contribution in [0.15, 0.2) is 42.5 Å². The fourth-order valence-electron chi connectivity index (χ4n) is 2.90. The van der Waals surface area contributed by atoms with E-state index in [2.05, 4.69) is 23.5 Å². The molecule has 2 aromatic carbocycles. The van der Waals surface area contributed by atoms with Gasteiger partial charge in [-0.25, -0.2) is 0 Å². The Morgan fingerprint density at radius 3 is 2.87 bits per heavy atom. The van der Waals surface area contributed by atoms with Crippen molar-refractivity contribution in [2.45, 2.75) is 32.3 Å². The Morgan fingerprint density at radius 2 is 2.13 bits per heavy atom. The van der Waals surface area contributed by atoms with Crippen molar-refractivity contribution >= 4 is 17.5 Å². The molecule has 1 N–H and O–H groups in total. The van der Waals surface area contributed by atoms with Gasteiger partial charge in [0.05, 0.1) is 0 Å². The van der Waals surface area contributed by atoms with Crippen LogP contribution in [-0.2, 0) is 11.2 Å². The minimum absolute atomic E-state index is 0.0938. The van der Waals surface area contributed by atoms with Crippen LogP contribution in [0.2, 0.25) is 5.02 Å². The molecule has 0 bridgehead atoms. The Labute approximate surface area is 141 Å². The molecule has 0 heterocycles. The Bertz CT molecular complexity index is 729. The lowest BCUT2D eigenvalue weighted by Crippen LogP contribution is -2.40. The molecule has 3 nitrogen and oxygen atoms in total. The Kier molecular flexibility index (Phi) is 4.58. The zero-order valence-electron chi connectivity index (χ0n) is 13.3. The van der Waals surface area contributed by atoms with E-state index in [0.29, 0.717) is 23.2 Å². The van der Waals surface area contributed by atoms with Gasteiger partial charge in [0.15, 0.2) is 6.10 Å². The third-order valence-electron chi connectivity index (χ3n) is 4.29. The summed E-state index contributed by atoms with van der Waals surface area (Å²) >= 11 is 5.93. The van der Waals surface area contributed by atoms with Crippen LogP contribution in [0.5, 0.6) is 5.75 Å². The molecule has 2 atom stereocenters. The van der Waals surface area contributed by atoms with Gasteiger partial charge in [0.2, 0.25) is 0 Å². The van der Waals surface area contributed by atoms with Crippen molar-refractivity contribution in [2.75, 3.05) is 6.54 Å². The lowest BCUT2D eigenvalue weighted by Gasteiger charge is -2.30. The van der Waals surface area contributed by atoms with E-state index in [9.17, 15) is 4.79 Å². The van der Waals surface area contributed by atoms with Crippen molar-refractivity contribution in [3.05, 3.63) is 64.2 Å². The van der Waals surface area contributed by atoms with Crippen LogP contribution in [0.1, 0.15) is 29.5 Å². The highest BCUT2D eigenvalue weighted by molar-refractivity contribution is 6.30. The van der Waals surface area contributed by atoms with Gasteiger partial charge in [-0.2, -0.15) is 0 Å². The molecule has 1 aliphatic carbocycles. The van der Waals surface area contributed by atoms with E-state index in [1.165, 1.54) is 11.1 Å². The molecule has 0 unspecified atom stereocenters. The molecule has 1 amide bonds. The molecule has 120 valence electrons. The van der Waals surface area contributed by atoms with E-state index in [1.54, 1.807) is 19.1 Å². The number of nitrogens with one attached hydrogen (secondary N) is 1. The predicted molar refractivity (Wildman–Crippen MR) is 92.2 cm³/mol. The fourth-order valence-corrected chi connectivity index (χ4v) is 3.13. The predicted octanol–water partition coefficient (Wildman–Crippen LogP) is 3.87. The number of amides is 1. The van der Waals surface area contributed by atoms with Gasteiger partial charge in [-0.05, 0) is 55.2 Å². The average Bonchev–Trinajstić information content (AvgIpc) is 2.50. The van der Waals surface area contributed by atoms with Gasteiger partial charge >= 0.3 is 0 Å². The molecule has 0 radical (unpaired) electrons. The maximum Gasteiger partial charge on any atom is 0.260 e. The maximum absolute atomic E-state index is 12.2. The lowest BCUT2D eigenvalue weighted by atomic mass is 9.77. The molecule has 0 saturated heterocycles. The van der Waals surface area contributed by atoms with Crippen LogP contribution in [0.25, 0.3) is 0 Å². The number of rotatable bonds is 5. The van der Waals surface area contributed by atoms with E-state index in [-0.39, 0.29) is 5.91 Å². The first-order chi connectivity index (χ1) is 11.0. The van der Waals surface area contributed by atoms with Gasteiger partial charge < -0.3 is 10.1 Å². The van der Waals surface area contributed by atoms with Gasteiger partial charge in [0.1, 0.15) is 5.75 Å². The molecule has 0 aromatic heterocycles. The number of fused-ring (bicyclic) bond motifs is 1. The van der Waals surface area contributed by atoms with Gasteiger partial charge in [0, 0.05) is 17.5 Å². The second-order valence-corrected chi connectivity index (χ2v) is 6.45. The van der Waals surface area contributed by atoms with Crippen molar-refractivity contribution in [2.24, 2.45) is 0 Å². The SMILES string of the molecule is Cc1cc(Cl)ccc1O[C@H](C)C(=O)NC[C@@H]1Cc2ccccc21. The zero-order valence-corrected chi connectivity index (χ0v) is 14.1. The van der Waals surface area contributed by atoms with Gasteiger partial charge in [-0.15, -0.1) is 0 Å². The highest BCUT2D eigenvalue weighted by Gasteiger charge is 2.26. The van der Waals surface area contributed by atoms with Crippen molar-refractivity contribution in [3.8, 4) is 5.75 Å². The van der Waals surface area contributed by atoms with E-state index in [1.807, 2.05) is 19.1 Å². The number of hydrogen-bond acceptors (Lipinski definition) is 2. The molecule has 23 heavy (non-hydrogen) atoms. The number of carbonyl (C=O) groups is 1. The number of halogens is 1. The van der Waals surface area contributed by atoms with Crippen molar-refractivity contribution in [1.29, 1.82) is 0 Å². The van der Waals surface area contributed by atoms with Gasteiger partial charge in [0.25, 0.3) is 5.91 Å². The molecule has 0 fully saturated rings. The molecule has 0 aliphatic heterocycles. The molecule has 0 spiro atoms.